The Balaban J connectivity index is 2.21. The Morgan fingerprint density at radius 3 is 2.25 bits per heavy atom. The first-order valence-electron chi connectivity index (χ1n) is 9.48. The van der Waals surface area contributed by atoms with Crippen molar-refractivity contribution in [2.24, 2.45) is 0 Å². The number of benzene rings is 3. The molecule has 140 valence electrons. The van der Waals surface area contributed by atoms with Crippen LogP contribution in [0.4, 0.5) is 4.39 Å². The molecule has 3 heteroatoms. The zero-order valence-electron chi connectivity index (χ0n) is 16.2. The van der Waals surface area contributed by atoms with Crippen molar-refractivity contribution in [1.29, 1.82) is 0 Å². The largest absolute Gasteiger partial charge is 0.306 e. The normalized spacial score (nSPS) is 11.3. The van der Waals surface area contributed by atoms with Crippen LogP contribution in [0.3, 0.4) is 0 Å². The van der Waals surface area contributed by atoms with Crippen LogP contribution in [0.2, 0.25) is 0 Å². The number of hydrogen-bond donors (Lipinski definition) is 0. The monoisotopic (exact) mass is 371 g/mol. The smallest absolute Gasteiger partial charge is 0.192 e. The topological polar surface area (TPSA) is 22.0 Å². The van der Waals surface area contributed by atoms with Crippen molar-refractivity contribution >= 4 is 10.9 Å². The van der Waals surface area contributed by atoms with Crippen molar-refractivity contribution in [2.75, 3.05) is 0 Å². The molecule has 1 aromatic heterocycles. The molecule has 0 radical (unpaired) electrons. The molecule has 0 aliphatic heterocycles. The van der Waals surface area contributed by atoms with E-state index in [-0.39, 0.29) is 11.2 Å². The van der Waals surface area contributed by atoms with E-state index in [0.29, 0.717) is 28.1 Å². The van der Waals surface area contributed by atoms with Crippen LogP contribution >= 0.6 is 0 Å². The minimum absolute atomic E-state index is 0.0102. The van der Waals surface area contributed by atoms with Gasteiger partial charge in [-0.25, -0.2) is 4.39 Å². The van der Waals surface area contributed by atoms with E-state index >= 15 is 0 Å². The Bertz CT molecular complexity index is 1220. The molecule has 0 saturated heterocycles. The zero-order chi connectivity index (χ0) is 19.8. The van der Waals surface area contributed by atoms with Gasteiger partial charge in [0.25, 0.3) is 0 Å². The Morgan fingerprint density at radius 2 is 1.57 bits per heavy atom. The first-order chi connectivity index (χ1) is 13.5. The molecular formula is C25H22FNO. The molecule has 1 heterocycles. The summed E-state index contributed by atoms with van der Waals surface area (Å²) in [6.45, 7) is 6.02. The summed E-state index contributed by atoms with van der Waals surface area (Å²) in [6.07, 6.45) is 0. The summed E-state index contributed by atoms with van der Waals surface area (Å²) in [5, 5.41) is 0.617. The number of rotatable bonds is 3. The number of halogens is 1. The Kier molecular flexibility index (Phi) is 4.60. The fourth-order valence-electron chi connectivity index (χ4n) is 3.71. The van der Waals surface area contributed by atoms with E-state index in [4.69, 9.17) is 0 Å². The highest BCUT2D eigenvalue weighted by molar-refractivity contribution is 5.87. The average molecular weight is 371 g/mol. The Hall–Kier alpha value is -3.20. The summed E-state index contributed by atoms with van der Waals surface area (Å²) in [7, 11) is 0. The van der Waals surface area contributed by atoms with Gasteiger partial charge in [0.2, 0.25) is 0 Å². The van der Waals surface area contributed by atoms with Gasteiger partial charge in [-0.2, -0.15) is 0 Å². The predicted molar refractivity (Wildman–Crippen MR) is 114 cm³/mol. The van der Waals surface area contributed by atoms with Crippen LogP contribution in [0.1, 0.15) is 30.9 Å². The lowest BCUT2D eigenvalue weighted by atomic mass is 9.97. The predicted octanol–water partition coefficient (Wildman–Crippen LogP) is 6.23. The quantitative estimate of drug-likeness (QED) is 0.418. The van der Waals surface area contributed by atoms with E-state index in [2.05, 4.69) is 13.8 Å². The van der Waals surface area contributed by atoms with Gasteiger partial charge in [-0.05, 0) is 48.2 Å². The second kappa shape index (κ2) is 7.08. The lowest BCUT2D eigenvalue weighted by molar-refractivity contribution is 0.619. The van der Waals surface area contributed by atoms with Gasteiger partial charge in [0.15, 0.2) is 5.43 Å². The molecule has 0 aliphatic carbocycles. The molecule has 2 nitrogen and oxygen atoms in total. The van der Waals surface area contributed by atoms with Crippen molar-refractivity contribution < 1.29 is 4.39 Å². The highest BCUT2D eigenvalue weighted by Crippen LogP contribution is 2.31. The maximum atomic E-state index is 14.8. The first kappa shape index (κ1) is 18.2. The molecule has 0 N–H and O–H groups in total. The molecule has 3 aromatic carbocycles. The van der Waals surface area contributed by atoms with Gasteiger partial charge < -0.3 is 4.57 Å². The first-order valence-corrected chi connectivity index (χ1v) is 9.48. The summed E-state index contributed by atoms with van der Waals surface area (Å²) in [5.41, 5.74) is 4.45. The molecule has 0 bridgehead atoms. The lowest BCUT2D eigenvalue weighted by Gasteiger charge is -2.21. The molecule has 4 aromatic rings. The fraction of sp³-hybridized carbons (Fsp3) is 0.160. The van der Waals surface area contributed by atoms with E-state index in [0.717, 1.165) is 16.8 Å². The van der Waals surface area contributed by atoms with Crippen LogP contribution in [-0.4, -0.2) is 4.57 Å². The van der Waals surface area contributed by atoms with Crippen molar-refractivity contribution in [3.05, 3.63) is 100.0 Å². The molecule has 0 fully saturated rings. The number of pyridine rings is 1. The highest BCUT2D eigenvalue weighted by Gasteiger charge is 2.19. The molecule has 0 aliphatic rings. The highest BCUT2D eigenvalue weighted by atomic mass is 19.1. The minimum Gasteiger partial charge on any atom is -0.306 e. The summed E-state index contributed by atoms with van der Waals surface area (Å²) in [4.78, 5) is 13.3. The van der Waals surface area contributed by atoms with Gasteiger partial charge in [-0.3, -0.25) is 4.79 Å². The minimum atomic E-state index is -0.322. The fourth-order valence-corrected chi connectivity index (χ4v) is 3.71. The van der Waals surface area contributed by atoms with Gasteiger partial charge in [0.05, 0.1) is 16.9 Å². The maximum absolute atomic E-state index is 14.8. The molecule has 28 heavy (non-hydrogen) atoms. The van der Waals surface area contributed by atoms with Crippen molar-refractivity contribution in [2.45, 2.75) is 26.7 Å². The van der Waals surface area contributed by atoms with Crippen LogP contribution in [0.25, 0.3) is 27.8 Å². The molecule has 0 unspecified atom stereocenters. The molecule has 0 spiro atoms. The summed E-state index contributed by atoms with van der Waals surface area (Å²) in [5.74, 6) is -0.0169. The molecule has 0 atom stereocenters. The summed E-state index contributed by atoms with van der Waals surface area (Å²) in [6, 6.07) is 22.3. The van der Waals surface area contributed by atoms with Gasteiger partial charge >= 0.3 is 0 Å². The number of para-hydroxylation sites is 1. The van der Waals surface area contributed by atoms with Gasteiger partial charge in [0.1, 0.15) is 5.82 Å². The number of hydrogen-bond acceptors (Lipinski definition) is 1. The Morgan fingerprint density at radius 1 is 0.893 bits per heavy atom. The van der Waals surface area contributed by atoms with Crippen molar-refractivity contribution in [1.82, 2.24) is 4.57 Å². The SMILES string of the molecule is Cc1c(-c2ccccc2)n(-c2ccccc2F)c2ccc(C(C)C)cc2c1=O. The zero-order valence-corrected chi connectivity index (χ0v) is 16.2. The van der Waals surface area contributed by atoms with Crippen molar-refractivity contribution in [3.63, 3.8) is 0 Å². The second-order valence-corrected chi connectivity index (χ2v) is 7.39. The third-order valence-corrected chi connectivity index (χ3v) is 5.23. The third kappa shape index (κ3) is 2.93. The number of fused-ring (bicyclic) bond motifs is 1. The van der Waals surface area contributed by atoms with Crippen LogP contribution in [0.5, 0.6) is 0 Å². The third-order valence-electron chi connectivity index (χ3n) is 5.23. The van der Waals surface area contributed by atoms with E-state index in [1.807, 2.05) is 66.1 Å². The van der Waals surface area contributed by atoms with E-state index in [9.17, 15) is 9.18 Å². The maximum Gasteiger partial charge on any atom is 0.192 e. The van der Waals surface area contributed by atoms with Gasteiger partial charge in [-0.1, -0.05) is 62.4 Å². The van der Waals surface area contributed by atoms with E-state index in [1.165, 1.54) is 6.07 Å². The van der Waals surface area contributed by atoms with Crippen LogP contribution in [0.15, 0.2) is 77.6 Å². The van der Waals surface area contributed by atoms with Crippen LogP contribution in [0, 0.1) is 12.7 Å². The number of aromatic nitrogens is 1. The second-order valence-electron chi connectivity index (χ2n) is 7.39. The molecule has 0 amide bonds. The molecular weight excluding hydrogens is 349 g/mol. The lowest BCUT2D eigenvalue weighted by Crippen LogP contribution is -2.16. The summed E-state index contributed by atoms with van der Waals surface area (Å²) < 4.78 is 16.7. The van der Waals surface area contributed by atoms with Crippen LogP contribution in [-0.2, 0) is 0 Å². The average Bonchev–Trinajstić information content (AvgIpc) is 2.71. The van der Waals surface area contributed by atoms with Crippen molar-refractivity contribution in [3.8, 4) is 16.9 Å². The Labute approximate surface area is 163 Å². The van der Waals surface area contributed by atoms with E-state index < -0.39 is 0 Å². The standard InChI is InChI=1S/C25H22FNO/c1-16(2)19-13-14-22-20(15-19)25(28)17(3)24(18-9-5-4-6-10-18)27(22)23-12-8-7-11-21(23)26/h4-16H,1-3H3. The van der Waals surface area contributed by atoms with Gasteiger partial charge in [0, 0.05) is 10.9 Å². The molecule has 0 saturated carbocycles. The summed E-state index contributed by atoms with van der Waals surface area (Å²) >= 11 is 0. The van der Waals surface area contributed by atoms with E-state index in [1.54, 1.807) is 12.1 Å². The number of nitrogens with zero attached hydrogens (tertiary/aromatic N) is 1. The van der Waals surface area contributed by atoms with Gasteiger partial charge in [-0.15, -0.1) is 0 Å². The van der Waals surface area contributed by atoms with Crippen LogP contribution < -0.4 is 5.43 Å². The molecule has 4 rings (SSSR count).